The number of rotatable bonds is 5. The fourth-order valence-electron chi connectivity index (χ4n) is 2.79. The molecule has 2 rings (SSSR count). The van der Waals surface area contributed by atoms with Crippen molar-refractivity contribution in [1.82, 2.24) is 14.7 Å². The minimum atomic E-state index is -0.838. The summed E-state index contributed by atoms with van der Waals surface area (Å²) in [4.78, 5) is 29.1. The Kier molecular flexibility index (Phi) is 4.86. The van der Waals surface area contributed by atoms with Gasteiger partial charge in [-0.3, -0.25) is 4.79 Å². The maximum Gasteiger partial charge on any atom is 0.320 e. The third kappa shape index (κ3) is 3.85. The number of hydrogen-bond donors (Lipinski definition) is 1. The molecule has 0 radical (unpaired) electrons. The first-order chi connectivity index (χ1) is 9.49. The van der Waals surface area contributed by atoms with Gasteiger partial charge in [0.15, 0.2) is 0 Å². The van der Waals surface area contributed by atoms with Crippen LogP contribution in [0.15, 0.2) is 0 Å². The maximum atomic E-state index is 12.5. The van der Waals surface area contributed by atoms with Crippen molar-refractivity contribution in [2.75, 3.05) is 33.7 Å². The lowest BCUT2D eigenvalue weighted by atomic mass is 10.0. The van der Waals surface area contributed by atoms with E-state index in [9.17, 15) is 9.59 Å². The number of nitrogens with zero attached hydrogens (tertiary/aromatic N) is 3. The molecule has 1 aliphatic carbocycles. The second-order valence-corrected chi connectivity index (χ2v) is 6.03. The Morgan fingerprint density at radius 1 is 1.10 bits per heavy atom. The Morgan fingerprint density at radius 3 is 2.15 bits per heavy atom. The first kappa shape index (κ1) is 15.1. The van der Waals surface area contributed by atoms with E-state index in [0.29, 0.717) is 12.6 Å². The molecule has 6 heteroatoms. The average molecular weight is 283 g/mol. The number of carbonyl (C=O) groups excluding carboxylic acids is 1. The minimum Gasteiger partial charge on any atom is -0.481 e. The molecule has 20 heavy (non-hydrogen) atoms. The molecular formula is C14H25N3O3. The molecule has 0 atom stereocenters. The lowest BCUT2D eigenvalue weighted by Crippen LogP contribution is -2.50. The predicted molar refractivity (Wildman–Crippen MR) is 75.7 cm³/mol. The van der Waals surface area contributed by atoms with Gasteiger partial charge in [-0.2, -0.15) is 0 Å². The normalized spacial score (nSPS) is 20.2. The number of likely N-dealkylation sites (tertiary alicyclic amines) is 1. The largest absolute Gasteiger partial charge is 0.481 e. The third-order valence-electron chi connectivity index (χ3n) is 4.27. The summed E-state index contributed by atoms with van der Waals surface area (Å²) in [7, 11) is 4.15. The summed E-state index contributed by atoms with van der Waals surface area (Å²) in [5.41, 5.74) is 0. The fourth-order valence-corrected chi connectivity index (χ4v) is 2.79. The number of carboxylic acids is 1. The van der Waals surface area contributed by atoms with Crippen molar-refractivity contribution in [2.24, 2.45) is 0 Å². The highest BCUT2D eigenvalue weighted by Gasteiger charge is 2.36. The van der Waals surface area contributed by atoms with Crippen molar-refractivity contribution in [1.29, 1.82) is 0 Å². The molecule has 0 bridgehead atoms. The zero-order valence-electron chi connectivity index (χ0n) is 12.4. The molecule has 0 aromatic rings. The number of carboxylic acid groups (broad SMARTS) is 1. The molecule has 2 fully saturated rings. The lowest BCUT2D eigenvalue weighted by Gasteiger charge is -2.37. The molecule has 0 unspecified atom stereocenters. The zero-order chi connectivity index (χ0) is 14.7. The molecular weight excluding hydrogens is 258 g/mol. The van der Waals surface area contributed by atoms with Gasteiger partial charge in [0.2, 0.25) is 0 Å². The Balaban J connectivity index is 1.87. The van der Waals surface area contributed by atoms with Gasteiger partial charge in [0.05, 0.1) is 6.42 Å². The SMILES string of the molecule is CN(C)C1CCN(C(=O)N(CCC(=O)O)C2CC2)CC1. The van der Waals surface area contributed by atoms with Crippen LogP contribution < -0.4 is 0 Å². The molecule has 1 saturated heterocycles. The van der Waals surface area contributed by atoms with Gasteiger partial charge in [-0.15, -0.1) is 0 Å². The topological polar surface area (TPSA) is 64.1 Å². The minimum absolute atomic E-state index is 0.0333. The highest BCUT2D eigenvalue weighted by Crippen LogP contribution is 2.28. The molecule has 1 heterocycles. The molecule has 1 N–H and O–H groups in total. The Labute approximate surface area is 120 Å². The second kappa shape index (κ2) is 6.43. The van der Waals surface area contributed by atoms with Gasteiger partial charge in [0, 0.05) is 31.7 Å². The maximum absolute atomic E-state index is 12.5. The van der Waals surface area contributed by atoms with Gasteiger partial charge in [0.25, 0.3) is 0 Å². The molecule has 0 spiro atoms. The lowest BCUT2D eigenvalue weighted by molar-refractivity contribution is -0.137. The van der Waals surface area contributed by atoms with Crippen LogP contribution in [0.5, 0.6) is 0 Å². The van der Waals surface area contributed by atoms with E-state index in [1.54, 1.807) is 4.90 Å². The third-order valence-corrected chi connectivity index (χ3v) is 4.27. The number of piperidine rings is 1. The van der Waals surface area contributed by atoms with Crippen molar-refractivity contribution in [3.63, 3.8) is 0 Å². The Morgan fingerprint density at radius 2 is 1.70 bits per heavy atom. The van der Waals surface area contributed by atoms with Crippen LogP contribution in [0.3, 0.4) is 0 Å². The van der Waals surface area contributed by atoms with Crippen molar-refractivity contribution in [2.45, 2.75) is 44.2 Å². The molecule has 2 aliphatic rings. The first-order valence-electron chi connectivity index (χ1n) is 7.43. The van der Waals surface area contributed by atoms with Crippen molar-refractivity contribution in [3.8, 4) is 0 Å². The smallest absolute Gasteiger partial charge is 0.320 e. The summed E-state index contributed by atoms with van der Waals surface area (Å²) >= 11 is 0. The van der Waals surface area contributed by atoms with Gasteiger partial charge in [-0.25, -0.2) is 4.79 Å². The van der Waals surface area contributed by atoms with Gasteiger partial charge in [-0.05, 0) is 39.8 Å². The second-order valence-electron chi connectivity index (χ2n) is 6.03. The van der Waals surface area contributed by atoms with Crippen molar-refractivity contribution in [3.05, 3.63) is 0 Å². The van der Waals surface area contributed by atoms with E-state index in [-0.39, 0.29) is 18.5 Å². The summed E-state index contributed by atoms with van der Waals surface area (Å²) in [6, 6.07) is 0.854. The van der Waals surface area contributed by atoms with Crippen LogP contribution >= 0.6 is 0 Å². The zero-order valence-corrected chi connectivity index (χ0v) is 12.4. The Bertz CT molecular complexity index is 361. The van der Waals surface area contributed by atoms with E-state index in [4.69, 9.17) is 5.11 Å². The van der Waals surface area contributed by atoms with Gasteiger partial charge < -0.3 is 19.8 Å². The van der Waals surface area contributed by atoms with Crippen LogP contribution in [0.25, 0.3) is 0 Å². The summed E-state index contributed by atoms with van der Waals surface area (Å²) in [5.74, 6) is -0.838. The van der Waals surface area contributed by atoms with Gasteiger partial charge >= 0.3 is 12.0 Å². The molecule has 2 amide bonds. The highest BCUT2D eigenvalue weighted by atomic mass is 16.4. The molecule has 0 aromatic carbocycles. The van der Waals surface area contributed by atoms with Crippen LogP contribution in [-0.2, 0) is 4.79 Å². The first-order valence-corrected chi connectivity index (χ1v) is 7.43. The molecule has 114 valence electrons. The van der Waals surface area contributed by atoms with Gasteiger partial charge in [-0.1, -0.05) is 0 Å². The van der Waals surface area contributed by atoms with Crippen LogP contribution in [0.4, 0.5) is 4.79 Å². The van der Waals surface area contributed by atoms with E-state index >= 15 is 0 Å². The van der Waals surface area contributed by atoms with E-state index in [1.165, 1.54) is 0 Å². The highest BCUT2D eigenvalue weighted by molar-refractivity contribution is 5.76. The fraction of sp³-hybridized carbons (Fsp3) is 0.857. The van der Waals surface area contributed by atoms with Crippen LogP contribution in [-0.4, -0.2) is 77.6 Å². The predicted octanol–water partition coefficient (Wildman–Crippen LogP) is 1.07. The number of carbonyl (C=O) groups is 2. The van der Waals surface area contributed by atoms with Crippen molar-refractivity contribution >= 4 is 12.0 Å². The molecule has 0 aromatic heterocycles. The summed E-state index contributed by atoms with van der Waals surface area (Å²) in [6.45, 7) is 1.89. The van der Waals surface area contributed by atoms with E-state index in [0.717, 1.165) is 38.8 Å². The number of amides is 2. The summed E-state index contributed by atoms with van der Waals surface area (Å²) < 4.78 is 0. The summed E-state index contributed by atoms with van der Waals surface area (Å²) in [6.07, 6.45) is 4.06. The number of aliphatic carboxylic acids is 1. The van der Waals surface area contributed by atoms with E-state index < -0.39 is 5.97 Å². The van der Waals surface area contributed by atoms with Crippen molar-refractivity contribution < 1.29 is 14.7 Å². The molecule has 6 nitrogen and oxygen atoms in total. The van der Waals surface area contributed by atoms with Crippen LogP contribution in [0, 0.1) is 0 Å². The van der Waals surface area contributed by atoms with E-state index in [2.05, 4.69) is 19.0 Å². The molecule has 1 saturated carbocycles. The number of hydrogen-bond acceptors (Lipinski definition) is 3. The monoisotopic (exact) mass is 283 g/mol. The van der Waals surface area contributed by atoms with E-state index in [1.807, 2.05) is 4.90 Å². The van der Waals surface area contributed by atoms with Gasteiger partial charge in [0.1, 0.15) is 0 Å². The number of urea groups is 1. The van der Waals surface area contributed by atoms with Crippen LogP contribution in [0.1, 0.15) is 32.1 Å². The summed E-state index contributed by atoms with van der Waals surface area (Å²) in [5, 5.41) is 8.80. The average Bonchev–Trinajstić information content (AvgIpc) is 3.23. The van der Waals surface area contributed by atoms with Crippen LogP contribution in [0.2, 0.25) is 0 Å². The molecule has 1 aliphatic heterocycles. The Hall–Kier alpha value is -1.30. The quantitative estimate of drug-likeness (QED) is 0.820. The standard InChI is InChI=1S/C14H25N3O3/c1-15(2)11-5-8-16(9-6-11)14(20)17(12-3-4-12)10-7-13(18)19/h11-12H,3-10H2,1-2H3,(H,18,19).